The molecule has 4 nitrogen and oxygen atoms in total. The van der Waals surface area contributed by atoms with Crippen LogP contribution in [0.1, 0.15) is 123 Å². The van der Waals surface area contributed by atoms with Crippen molar-refractivity contribution in [2.24, 2.45) is 0 Å². The molecular weight excluding hydrogens is 348 g/mol. The summed E-state index contributed by atoms with van der Waals surface area (Å²) in [5, 5.41) is 9.41. The topological polar surface area (TPSA) is 74.6 Å². The van der Waals surface area contributed by atoms with Crippen LogP contribution in [0, 0.1) is 0 Å². The predicted molar refractivity (Wildman–Crippen MR) is 111 cm³/mol. The molecule has 0 spiro atoms. The molecule has 158 valence electrons. The minimum absolute atomic E-state index is 0.180. The number of unbranched alkanes of at least 4 members (excludes halogenated alkanes) is 11. The van der Waals surface area contributed by atoms with Crippen molar-refractivity contribution in [3.63, 3.8) is 0 Å². The first kappa shape index (κ1) is 25.9. The molecule has 0 bridgehead atoms. The highest BCUT2D eigenvalue weighted by atomic mass is 32.2. The van der Waals surface area contributed by atoms with E-state index >= 15 is 0 Å². The first-order valence-electron chi connectivity index (χ1n) is 11.1. The molecule has 0 aliphatic carbocycles. The number of aliphatic hydroxyl groups is 1. The van der Waals surface area contributed by atoms with Gasteiger partial charge in [-0.1, -0.05) is 97.3 Å². The Morgan fingerprint density at radius 3 is 1.42 bits per heavy atom. The molecule has 0 rings (SSSR count). The molecule has 0 aliphatic rings. The van der Waals surface area contributed by atoms with E-state index in [0.717, 1.165) is 44.9 Å². The van der Waals surface area contributed by atoms with E-state index in [2.05, 4.69) is 6.92 Å². The van der Waals surface area contributed by atoms with Crippen LogP contribution in [0.3, 0.4) is 0 Å². The molecule has 0 aromatic carbocycles. The van der Waals surface area contributed by atoms with Crippen molar-refractivity contribution in [1.29, 1.82) is 0 Å². The smallest absolute Gasteiger partial charge is 0.267 e. The van der Waals surface area contributed by atoms with Crippen LogP contribution in [0.15, 0.2) is 0 Å². The summed E-state index contributed by atoms with van der Waals surface area (Å²) in [6, 6.07) is 0. The molecule has 0 saturated heterocycles. The van der Waals surface area contributed by atoms with E-state index in [1.165, 1.54) is 51.4 Å². The fraction of sp³-hybridized carbons (Fsp3) is 1.00. The largest absolute Gasteiger partial charge is 0.393 e. The van der Waals surface area contributed by atoms with Gasteiger partial charge in [-0.2, -0.15) is 8.42 Å². The van der Waals surface area contributed by atoms with Crippen molar-refractivity contribution in [3.8, 4) is 0 Å². The zero-order valence-corrected chi connectivity index (χ0v) is 18.1. The van der Waals surface area contributed by atoms with Gasteiger partial charge in [-0.05, 0) is 25.7 Å². The van der Waals surface area contributed by atoms with Gasteiger partial charge in [-0.15, -0.1) is 0 Å². The molecule has 0 radical (unpaired) electrons. The van der Waals surface area contributed by atoms with Crippen molar-refractivity contribution in [3.05, 3.63) is 0 Å². The van der Waals surface area contributed by atoms with E-state index in [-0.39, 0.29) is 6.10 Å². The highest BCUT2D eigenvalue weighted by Gasteiger charge is 2.19. The van der Waals surface area contributed by atoms with Gasteiger partial charge >= 0.3 is 0 Å². The van der Waals surface area contributed by atoms with Gasteiger partial charge in [0.1, 0.15) is 0 Å². The third kappa shape index (κ3) is 16.1. The van der Waals surface area contributed by atoms with E-state index in [1.807, 2.05) is 0 Å². The van der Waals surface area contributed by atoms with E-state index in [0.29, 0.717) is 12.8 Å². The van der Waals surface area contributed by atoms with Crippen LogP contribution in [-0.2, 0) is 10.1 Å². The molecule has 5 heteroatoms. The Bertz CT molecular complexity index is 395. The Balaban J connectivity index is 3.40. The predicted octanol–water partition coefficient (Wildman–Crippen LogP) is 6.28. The highest BCUT2D eigenvalue weighted by molar-refractivity contribution is 7.86. The summed E-state index contributed by atoms with van der Waals surface area (Å²) in [6.07, 6.45) is 18.2. The summed E-state index contributed by atoms with van der Waals surface area (Å²) in [6.45, 7) is 4.04. The first-order chi connectivity index (χ1) is 12.4. The molecule has 2 atom stereocenters. The van der Waals surface area contributed by atoms with Crippen LogP contribution in [0.2, 0.25) is 0 Å². The molecule has 0 aromatic heterocycles. The lowest BCUT2D eigenvalue weighted by Gasteiger charge is -2.12. The fourth-order valence-corrected chi connectivity index (χ4v) is 4.39. The number of hydrogen-bond donors (Lipinski definition) is 2. The maximum absolute atomic E-state index is 11.1. The SMILES string of the molecule is CCCCCCCCCCCC(O)CCCCCCC(CC)S(=O)(=O)O. The lowest BCUT2D eigenvalue weighted by atomic mass is 10.0. The quantitative estimate of drug-likeness (QED) is 0.200. The standard InChI is InChI=1S/C21H44O4S/c1-3-5-6-7-8-9-10-11-14-17-20(22)18-15-12-13-16-19-21(4-2)26(23,24)25/h20-22H,3-19H2,1-2H3,(H,23,24,25). The number of rotatable bonds is 19. The Hall–Kier alpha value is -0.130. The molecule has 0 aliphatic heterocycles. The molecule has 2 unspecified atom stereocenters. The Morgan fingerprint density at radius 2 is 1.04 bits per heavy atom. The summed E-state index contributed by atoms with van der Waals surface area (Å²) in [7, 11) is -3.88. The molecule has 0 heterocycles. The van der Waals surface area contributed by atoms with Gasteiger partial charge < -0.3 is 5.11 Å². The van der Waals surface area contributed by atoms with E-state index in [4.69, 9.17) is 4.55 Å². The van der Waals surface area contributed by atoms with Gasteiger partial charge in [0.05, 0.1) is 11.4 Å². The third-order valence-electron chi connectivity index (χ3n) is 5.33. The average molecular weight is 393 g/mol. The van der Waals surface area contributed by atoms with Crippen molar-refractivity contribution in [2.75, 3.05) is 0 Å². The lowest BCUT2D eigenvalue weighted by molar-refractivity contribution is 0.147. The Morgan fingerprint density at radius 1 is 0.654 bits per heavy atom. The van der Waals surface area contributed by atoms with E-state index < -0.39 is 15.4 Å². The summed E-state index contributed by atoms with van der Waals surface area (Å²) in [5.74, 6) is 0. The van der Waals surface area contributed by atoms with Gasteiger partial charge in [0.25, 0.3) is 10.1 Å². The average Bonchev–Trinajstić information content (AvgIpc) is 2.58. The molecule has 0 amide bonds. The Labute approximate surface area is 162 Å². The van der Waals surface area contributed by atoms with E-state index in [9.17, 15) is 13.5 Å². The summed E-state index contributed by atoms with van der Waals surface area (Å²) in [4.78, 5) is 0. The van der Waals surface area contributed by atoms with Crippen LogP contribution in [0.4, 0.5) is 0 Å². The highest BCUT2D eigenvalue weighted by Crippen LogP contribution is 2.17. The fourth-order valence-electron chi connectivity index (χ4n) is 3.50. The monoisotopic (exact) mass is 392 g/mol. The second kappa shape index (κ2) is 17.0. The number of aliphatic hydroxyl groups excluding tert-OH is 1. The zero-order chi connectivity index (χ0) is 19.7. The van der Waals surface area contributed by atoms with Crippen LogP contribution in [0.5, 0.6) is 0 Å². The van der Waals surface area contributed by atoms with Crippen molar-refractivity contribution in [1.82, 2.24) is 0 Å². The Kier molecular flexibility index (Phi) is 16.9. The van der Waals surface area contributed by atoms with Crippen molar-refractivity contribution >= 4 is 10.1 Å². The van der Waals surface area contributed by atoms with Crippen LogP contribution in [0.25, 0.3) is 0 Å². The van der Waals surface area contributed by atoms with Gasteiger partial charge in [-0.25, -0.2) is 0 Å². The maximum atomic E-state index is 11.1. The summed E-state index contributed by atoms with van der Waals surface area (Å²) < 4.78 is 31.3. The van der Waals surface area contributed by atoms with Crippen LogP contribution >= 0.6 is 0 Å². The molecule has 0 saturated carbocycles. The maximum Gasteiger partial charge on any atom is 0.267 e. The minimum atomic E-state index is -3.88. The number of hydrogen-bond acceptors (Lipinski definition) is 3. The lowest BCUT2D eigenvalue weighted by Crippen LogP contribution is -2.19. The summed E-state index contributed by atoms with van der Waals surface area (Å²) >= 11 is 0. The van der Waals surface area contributed by atoms with Gasteiger partial charge in [-0.3, -0.25) is 4.55 Å². The van der Waals surface area contributed by atoms with E-state index in [1.54, 1.807) is 6.92 Å². The van der Waals surface area contributed by atoms with Crippen LogP contribution in [-0.4, -0.2) is 29.4 Å². The van der Waals surface area contributed by atoms with Gasteiger partial charge in [0.15, 0.2) is 0 Å². The van der Waals surface area contributed by atoms with Crippen molar-refractivity contribution < 1.29 is 18.1 Å². The first-order valence-corrected chi connectivity index (χ1v) is 12.6. The van der Waals surface area contributed by atoms with Crippen molar-refractivity contribution in [2.45, 2.75) is 134 Å². The summed E-state index contributed by atoms with van der Waals surface area (Å²) in [5.41, 5.74) is 0. The normalized spacial score (nSPS) is 14.5. The molecule has 2 N–H and O–H groups in total. The molecular formula is C21H44O4S. The van der Waals surface area contributed by atoms with Gasteiger partial charge in [0.2, 0.25) is 0 Å². The molecule has 0 aromatic rings. The second-order valence-electron chi connectivity index (χ2n) is 7.81. The zero-order valence-electron chi connectivity index (χ0n) is 17.3. The van der Waals surface area contributed by atoms with Gasteiger partial charge in [0, 0.05) is 0 Å². The molecule has 0 fully saturated rings. The molecule has 26 heavy (non-hydrogen) atoms. The third-order valence-corrected chi connectivity index (χ3v) is 6.74. The minimum Gasteiger partial charge on any atom is -0.393 e. The second-order valence-corrected chi connectivity index (χ2v) is 9.50. The van der Waals surface area contributed by atoms with Crippen LogP contribution < -0.4 is 0 Å².